The Hall–Kier alpha value is -2.36. The van der Waals surface area contributed by atoms with Gasteiger partial charge in [0, 0.05) is 18.7 Å². The van der Waals surface area contributed by atoms with Crippen molar-refractivity contribution in [1.82, 2.24) is 4.90 Å². The molecule has 1 aliphatic rings. The molecule has 0 spiro atoms. The van der Waals surface area contributed by atoms with Crippen molar-refractivity contribution in [3.8, 4) is 6.07 Å². The molecule has 2 rings (SSSR count). The molecule has 1 fully saturated rings. The molecular weight excluding hydrogens is 297 g/mol. The van der Waals surface area contributed by atoms with E-state index in [1.807, 2.05) is 0 Å². The molecule has 0 saturated carbocycles. The summed E-state index contributed by atoms with van der Waals surface area (Å²) in [6.07, 6.45) is -2.86. The predicted octanol–water partition coefficient (Wildman–Crippen LogP) is 2.65. The first-order valence-electron chi connectivity index (χ1n) is 6.74. The second-order valence-electron chi connectivity index (χ2n) is 5.03. The summed E-state index contributed by atoms with van der Waals surface area (Å²) in [5, 5.41) is 9.07. The monoisotopic (exact) mass is 310 g/mol. The van der Waals surface area contributed by atoms with E-state index in [4.69, 9.17) is 5.26 Å². The lowest BCUT2D eigenvalue weighted by Crippen LogP contribution is -2.37. The molecule has 1 heterocycles. The van der Waals surface area contributed by atoms with Gasteiger partial charge < -0.3 is 4.90 Å². The van der Waals surface area contributed by atoms with Crippen molar-refractivity contribution in [3.05, 3.63) is 35.4 Å². The van der Waals surface area contributed by atoms with Crippen LogP contribution >= 0.6 is 0 Å². The Labute approximate surface area is 125 Å². The lowest BCUT2D eigenvalue weighted by Gasteiger charge is -2.18. The van der Waals surface area contributed by atoms with Crippen LogP contribution < -0.4 is 0 Å². The quantitative estimate of drug-likeness (QED) is 0.637. The van der Waals surface area contributed by atoms with Gasteiger partial charge >= 0.3 is 6.18 Å². The van der Waals surface area contributed by atoms with Gasteiger partial charge in [0.2, 0.25) is 5.91 Å². The molecular formula is C15H13F3N2O2. The molecule has 1 aromatic rings. The molecule has 116 valence electrons. The molecule has 1 aromatic carbocycles. The standard InChI is InChI=1S/C15H13F3N2O2/c16-15(17,18)11-5-3-10(4-6-11)13(21)12(9-19)14(22)20-7-1-2-8-20/h3-6,12H,1-2,7-8H2/t12-/m0/s1. The van der Waals surface area contributed by atoms with Crippen LogP contribution in [0.1, 0.15) is 28.8 Å². The Morgan fingerprint density at radius 1 is 1.14 bits per heavy atom. The van der Waals surface area contributed by atoms with Crippen molar-refractivity contribution in [2.75, 3.05) is 13.1 Å². The van der Waals surface area contributed by atoms with Gasteiger partial charge in [0.1, 0.15) is 0 Å². The van der Waals surface area contributed by atoms with Crippen LogP contribution in [-0.2, 0) is 11.0 Å². The molecule has 1 amide bonds. The van der Waals surface area contributed by atoms with E-state index in [0.717, 1.165) is 37.1 Å². The molecule has 1 saturated heterocycles. The SMILES string of the molecule is N#C[C@@H](C(=O)c1ccc(C(F)(F)F)cc1)C(=O)N1CCCC1. The van der Waals surface area contributed by atoms with Crippen molar-refractivity contribution < 1.29 is 22.8 Å². The summed E-state index contributed by atoms with van der Waals surface area (Å²) in [6.45, 7) is 0.995. The largest absolute Gasteiger partial charge is 0.416 e. The summed E-state index contributed by atoms with van der Waals surface area (Å²) >= 11 is 0. The molecule has 22 heavy (non-hydrogen) atoms. The first-order chi connectivity index (χ1) is 10.3. The van der Waals surface area contributed by atoms with Gasteiger partial charge in [0.05, 0.1) is 11.6 Å². The van der Waals surface area contributed by atoms with E-state index in [9.17, 15) is 22.8 Å². The van der Waals surface area contributed by atoms with Gasteiger partial charge in [-0.1, -0.05) is 12.1 Å². The number of rotatable bonds is 3. The normalized spacial score (nSPS) is 16.2. The molecule has 0 N–H and O–H groups in total. The Morgan fingerprint density at radius 3 is 2.14 bits per heavy atom. The van der Waals surface area contributed by atoms with Crippen molar-refractivity contribution in [2.24, 2.45) is 5.92 Å². The molecule has 0 aliphatic carbocycles. The summed E-state index contributed by atoms with van der Waals surface area (Å²) in [5.41, 5.74) is -0.962. The van der Waals surface area contributed by atoms with E-state index in [1.165, 1.54) is 4.90 Å². The Balaban J connectivity index is 2.18. The summed E-state index contributed by atoms with van der Waals surface area (Å²) in [7, 11) is 0. The van der Waals surface area contributed by atoms with Gasteiger partial charge in [0.15, 0.2) is 11.7 Å². The van der Waals surface area contributed by atoms with E-state index in [2.05, 4.69) is 0 Å². The van der Waals surface area contributed by atoms with Gasteiger partial charge in [-0.15, -0.1) is 0 Å². The topological polar surface area (TPSA) is 61.2 Å². The molecule has 0 unspecified atom stereocenters. The third-order valence-electron chi connectivity index (χ3n) is 3.55. The highest BCUT2D eigenvalue weighted by molar-refractivity contribution is 6.12. The van der Waals surface area contributed by atoms with Crippen molar-refractivity contribution in [1.29, 1.82) is 5.26 Å². The fraction of sp³-hybridized carbons (Fsp3) is 0.400. The Morgan fingerprint density at radius 2 is 1.68 bits per heavy atom. The molecule has 0 radical (unpaired) electrons. The number of benzene rings is 1. The smallest absolute Gasteiger partial charge is 0.341 e. The van der Waals surface area contributed by atoms with E-state index in [-0.39, 0.29) is 5.56 Å². The number of ketones is 1. The average Bonchev–Trinajstić information content (AvgIpc) is 3.01. The van der Waals surface area contributed by atoms with E-state index >= 15 is 0 Å². The molecule has 1 aliphatic heterocycles. The van der Waals surface area contributed by atoms with Gasteiger partial charge in [-0.3, -0.25) is 9.59 Å². The van der Waals surface area contributed by atoms with Crippen LogP contribution in [0.5, 0.6) is 0 Å². The number of amides is 1. The summed E-state index contributed by atoms with van der Waals surface area (Å²) in [6, 6.07) is 5.18. The highest BCUT2D eigenvalue weighted by atomic mass is 19.4. The number of alkyl halides is 3. The minimum absolute atomic E-state index is 0.0768. The van der Waals surface area contributed by atoms with Crippen LogP contribution in [0.15, 0.2) is 24.3 Å². The van der Waals surface area contributed by atoms with Crippen molar-refractivity contribution in [3.63, 3.8) is 0 Å². The number of hydrogen-bond acceptors (Lipinski definition) is 3. The van der Waals surface area contributed by atoms with Gasteiger partial charge in [0.25, 0.3) is 0 Å². The van der Waals surface area contributed by atoms with Crippen LogP contribution in [0, 0.1) is 17.2 Å². The maximum atomic E-state index is 12.5. The van der Waals surface area contributed by atoms with Crippen LogP contribution in [0.2, 0.25) is 0 Å². The first-order valence-corrected chi connectivity index (χ1v) is 6.74. The highest BCUT2D eigenvalue weighted by Gasteiger charge is 2.34. The second kappa shape index (κ2) is 6.18. The van der Waals surface area contributed by atoms with E-state index in [0.29, 0.717) is 13.1 Å². The number of hydrogen-bond donors (Lipinski definition) is 0. The minimum atomic E-state index is -4.50. The predicted molar refractivity (Wildman–Crippen MR) is 70.7 cm³/mol. The maximum Gasteiger partial charge on any atom is 0.416 e. The fourth-order valence-electron chi connectivity index (χ4n) is 2.34. The minimum Gasteiger partial charge on any atom is -0.341 e. The first kappa shape index (κ1) is 16.0. The second-order valence-corrected chi connectivity index (χ2v) is 5.03. The zero-order chi connectivity index (χ0) is 16.3. The van der Waals surface area contributed by atoms with Crippen molar-refractivity contribution in [2.45, 2.75) is 19.0 Å². The number of carbonyl (C=O) groups excluding carboxylic acids is 2. The summed E-state index contributed by atoms with van der Waals surface area (Å²) in [5.74, 6) is -2.85. The number of likely N-dealkylation sites (tertiary alicyclic amines) is 1. The molecule has 4 nitrogen and oxygen atoms in total. The van der Waals surface area contributed by atoms with Gasteiger partial charge in [-0.25, -0.2) is 0 Å². The number of nitriles is 1. The number of Topliss-reactive ketones (excluding diaryl/α,β-unsaturated/α-hetero) is 1. The highest BCUT2D eigenvalue weighted by Crippen LogP contribution is 2.29. The Bertz CT molecular complexity index is 611. The maximum absolute atomic E-state index is 12.5. The van der Waals surface area contributed by atoms with E-state index < -0.39 is 29.3 Å². The third-order valence-corrected chi connectivity index (χ3v) is 3.55. The van der Waals surface area contributed by atoms with Crippen LogP contribution in [0.4, 0.5) is 13.2 Å². The lowest BCUT2D eigenvalue weighted by atomic mass is 9.96. The summed E-state index contributed by atoms with van der Waals surface area (Å²) < 4.78 is 37.4. The van der Waals surface area contributed by atoms with Gasteiger partial charge in [-0.05, 0) is 25.0 Å². The number of nitrogens with zero attached hydrogens (tertiary/aromatic N) is 2. The molecule has 1 atom stereocenters. The Kier molecular flexibility index (Phi) is 4.50. The van der Waals surface area contributed by atoms with E-state index in [1.54, 1.807) is 6.07 Å². The zero-order valence-corrected chi connectivity index (χ0v) is 11.6. The average molecular weight is 310 g/mol. The van der Waals surface area contributed by atoms with Crippen molar-refractivity contribution >= 4 is 11.7 Å². The summed E-state index contributed by atoms with van der Waals surface area (Å²) in [4.78, 5) is 25.7. The molecule has 0 bridgehead atoms. The third kappa shape index (κ3) is 3.27. The van der Waals surface area contributed by atoms with Gasteiger partial charge in [-0.2, -0.15) is 18.4 Å². The number of carbonyl (C=O) groups is 2. The lowest BCUT2D eigenvalue weighted by molar-refractivity contribution is -0.137. The number of halogens is 3. The molecule has 0 aromatic heterocycles. The zero-order valence-electron chi connectivity index (χ0n) is 11.6. The van der Waals surface area contributed by atoms with Crippen LogP contribution in [-0.4, -0.2) is 29.7 Å². The fourth-order valence-corrected chi connectivity index (χ4v) is 2.34. The van der Waals surface area contributed by atoms with Crippen LogP contribution in [0.25, 0.3) is 0 Å². The molecule has 7 heteroatoms. The van der Waals surface area contributed by atoms with Crippen LogP contribution in [0.3, 0.4) is 0 Å².